The van der Waals surface area contributed by atoms with Crippen LogP contribution in [0.3, 0.4) is 0 Å². The summed E-state index contributed by atoms with van der Waals surface area (Å²) in [6.07, 6.45) is 0. The maximum absolute atomic E-state index is 11.4. The van der Waals surface area contributed by atoms with Gasteiger partial charge in [0, 0.05) is 10.6 Å². The van der Waals surface area contributed by atoms with E-state index in [-0.39, 0.29) is 18.3 Å². The van der Waals surface area contributed by atoms with Gasteiger partial charge in [-0.25, -0.2) is 0 Å². The molecule has 122 valence electrons. The molecular weight excluding hydrogens is 351 g/mol. The Morgan fingerprint density at radius 1 is 1.17 bits per heavy atom. The molecule has 0 radical (unpaired) electrons. The van der Waals surface area contributed by atoms with Crippen molar-refractivity contribution in [2.45, 2.75) is 13.5 Å². The monoisotopic (exact) mass is 362 g/mol. The van der Waals surface area contributed by atoms with Crippen LogP contribution in [0, 0.1) is 0 Å². The molecule has 0 N–H and O–H groups in total. The number of aromatic nitrogens is 2. The van der Waals surface area contributed by atoms with Gasteiger partial charge in [-0.1, -0.05) is 35.3 Å². The Bertz CT molecular complexity index is 893. The first-order valence-corrected chi connectivity index (χ1v) is 7.80. The summed E-state index contributed by atoms with van der Waals surface area (Å²) in [5.74, 6) is 1.10. The van der Waals surface area contributed by atoms with Crippen molar-refractivity contribution in [3.8, 4) is 17.2 Å². The summed E-state index contributed by atoms with van der Waals surface area (Å²) in [5, 5.41) is 8.83. The van der Waals surface area contributed by atoms with Gasteiger partial charge in [0.25, 0.3) is 5.89 Å². The topological polar surface area (TPSA) is 65.2 Å². The molecule has 1 aromatic heterocycles. The zero-order valence-corrected chi connectivity index (χ0v) is 14.1. The second-order valence-electron chi connectivity index (χ2n) is 5.00. The van der Waals surface area contributed by atoms with Crippen LogP contribution in [0.4, 0.5) is 0 Å². The Balaban J connectivity index is 1.72. The largest absolute Gasteiger partial charge is 0.484 e. The summed E-state index contributed by atoms with van der Waals surface area (Å²) >= 11 is 12.0. The van der Waals surface area contributed by atoms with Crippen molar-refractivity contribution in [3.05, 3.63) is 64.0 Å². The van der Waals surface area contributed by atoms with Gasteiger partial charge in [-0.2, -0.15) is 0 Å². The molecule has 0 atom stereocenters. The Hall–Kier alpha value is -2.37. The highest BCUT2D eigenvalue weighted by atomic mass is 35.5. The molecule has 5 nitrogen and oxygen atoms in total. The van der Waals surface area contributed by atoms with Crippen LogP contribution >= 0.6 is 23.2 Å². The highest BCUT2D eigenvalue weighted by Gasteiger charge is 2.13. The fourth-order valence-corrected chi connectivity index (χ4v) is 2.52. The zero-order chi connectivity index (χ0) is 17.1. The van der Waals surface area contributed by atoms with Gasteiger partial charge in [-0.3, -0.25) is 4.79 Å². The number of carbonyl (C=O) groups is 1. The third kappa shape index (κ3) is 3.75. The first-order chi connectivity index (χ1) is 11.5. The minimum absolute atomic E-state index is 0.0297. The van der Waals surface area contributed by atoms with E-state index in [2.05, 4.69) is 10.2 Å². The molecule has 0 amide bonds. The number of benzene rings is 2. The number of rotatable bonds is 5. The molecule has 0 aliphatic heterocycles. The number of Topliss-reactive ketones (excluding diaryl/α,β-unsaturated/α-hetero) is 1. The standard InChI is InChI=1S/C17H12Cl2N2O3/c1-10(22)11-3-2-4-13(7-11)23-9-16-20-21-17(24-16)14-6-5-12(18)8-15(14)19/h2-8H,9H2,1H3. The van der Waals surface area contributed by atoms with Crippen LogP contribution in [-0.4, -0.2) is 16.0 Å². The first kappa shape index (κ1) is 16.5. The average molecular weight is 363 g/mol. The van der Waals surface area contributed by atoms with Gasteiger partial charge in [-0.15, -0.1) is 10.2 Å². The Morgan fingerprint density at radius 3 is 2.75 bits per heavy atom. The van der Waals surface area contributed by atoms with E-state index in [9.17, 15) is 4.79 Å². The Morgan fingerprint density at radius 2 is 2.00 bits per heavy atom. The molecule has 1 heterocycles. The van der Waals surface area contributed by atoms with E-state index >= 15 is 0 Å². The van der Waals surface area contributed by atoms with E-state index in [1.807, 2.05) is 0 Å². The van der Waals surface area contributed by atoms with Gasteiger partial charge >= 0.3 is 0 Å². The highest BCUT2D eigenvalue weighted by Crippen LogP contribution is 2.29. The lowest BCUT2D eigenvalue weighted by molar-refractivity contribution is 0.101. The summed E-state index contributed by atoms with van der Waals surface area (Å²) < 4.78 is 11.1. The number of nitrogens with zero attached hydrogens (tertiary/aromatic N) is 2. The zero-order valence-electron chi connectivity index (χ0n) is 12.6. The Kier molecular flexibility index (Phi) is 4.83. The van der Waals surface area contributed by atoms with E-state index < -0.39 is 0 Å². The number of hydrogen-bond acceptors (Lipinski definition) is 5. The van der Waals surface area contributed by atoms with Crippen molar-refractivity contribution in [1.29, 1.82) is 0 Å². The number of carbonyl (C=O) groups excluding carboxylic acids is 1. The van der Waals surface area contributed by atoms with Gasteiger partial charge in [0.2, 0.25) is 5.89 Å². The maximum Gasteiger partial charge on any atom is 0.254 e. The van der Waals surface area contributed by atoms with Gasteiger partial charge in [0.05, 0.1) is 10.6 Å². The summed E-state index contributed by atoms with van der Waals surface area (Å²) in [6.45, 7) is 1.58. The molecule has 3 rings (SSSR count). The molecule has 0 unspecified atom stereocenters. The van der Waals surface area contributed by atoms with Crippen LogP contribution in [0.15, 0.2) is 46.9 Å². The minimum Gasteiger partial charge on any atom is -0.484 e. The Labute approximate surface area is 148 Å². The molecule has 0 aliphatic rings. The second-order valence-corrected chi connectivity index (χ2v) is 5.84. The fraction of sp³-hybridized carbons (Fsp3) is 0.118. The van der Waals surface area contributed by atoms with Crippen LogP contribution in [0.1, 0.15) is 23.2 Å². The number of ether oxygens (including phenoxy) is 1. The van der Waals surface area contributed by atoms with Crippen LogP contribution in [0.2, 0.25) is 10.0 Å². The normalized spacial score (nSPS) is 10.6. The molecule has 0 saturated heterocycles. The lowest BCUT2D eigenvalue weighted by Crippen LogP contribution is -1.98. The average Bonchev–Trinajstić information content (AvgIpc) is 3.02. The third-order valence-electron chi connectivity index (χ3n) is 3.23. The van der Waals surface area contributed by atoms with Crippen LogP contribution in [0.25, 0.3) is 11.5 Å². The molecule has 3 aromatic rings. The van der Waals surface area contributed by atoms with E-state index in [0.29, 0.717) is 32.8 Å². The number of hydrogen-bond donors (Lipinski definition) is 0. The molecule has 0 aliphatic carbocycles. The van der Waals surface area contributed by atoms with E-state index in [1.54, 1.807) is 42.5 Å². The molecule has 0 saturated carbocycles. The lowest BCUT2D eigenvalue weighted by Gasteiger charge is -2.04. The van der Waals surface area contributed by atoms with Crippen LogP contribution in [0.5, 0.6) is 5.75 Å². The molecule has 0 spiro atoms. The van der Waals surface area contributed by atoms with E-state index in [4.69, 9.17) is 32.4 Å². The van der Waals surface area contributed by atoms with Crippen molar-refractivity contribution < 1.29 is 13.9 Å². The quantitative estimate of drug-likeness (QED) is 0.608. The highest BCUT2D eigenvalue weighted by molar-refractivity contribution is 6.36. The number of ketones is 1. The summed E-state index contributed by atoms with van der Waals surface area (Å²) in [5.41, 5.74) is 1.17. The van der Waals surface area contributed by atoms with Crippen LogP contribution < -0.4 is 4.74 Å². The third-order valence-corrected chi connectivity index (χ3v) is 3.78. The smallest absolute Gasteiger partial charge is 0.254 e. The predicted octanol–water partition coefficient (Wildman–Crippen LogP) is 4.83. The molecule has 24 heavy (non-hydrogen) atoms. The van der Waals surface area contributed by atoms with Gasteiger partial charge < -0.3 is 9.15 Å². The van der Waals surface area contributed by atoms with Crippen molar-refractivity contribution in [2.75, 3.05) is 0 Å². The van der Waals surface area contributed by atoms with Crippen molar-refractivity contribution in [3.63, 3.8) is 0 Å². The molecular formula is C17H12Cl2N2O3. The number of halogens is 2. The van der Waals surface area contributed by atoms with Gasteiger partial charge in [0.15, 0.2) is 12.4 Å². The lowest BCUT2D eigenvalue weighted by atomic mass is 10.1. The molecule has 0 fully saturated rings. The molecule has 0 bridgehead atoms. The van der Waals surface area contributed by atoms with Crippen molar-refractivity contribution in [2.24, 2.45) is 0 Å². The SMILES string of the molecule is CC(=O)c1cccc(OCc2nnc(-c3ccc(Cl)cc3Cl)o2)c1. The van der Waals surface area contributed by atoms with E-state index in [0.717, 1.165) is 0 Å². The summed E-state index contributed by atoms with van der Waals surface area (Å²) in [7, 11) is 0. The van der Waals surface area contributed by atoms with Gasteiger partial charge in [-0.05, 0) is 37.3 Å². The van der Waals surface area contributed by atoms with Crippen molar-refractivity contribution >= 4 is 29.0 Å². The van der Waals surface area contributed by atoms with Crippen molar-refractivity contribution in [1.82, 2.24) is 10.2 Å². The summed E-state index contributed by atoms with van der Waals surface area (Å²) in [6, 6.07) is 11.9. The second kappa shape index (κ2) is 7.03. The summed E-state index contributed by atoms with van der Waals surface area (Å²) in [4.78, 5) is 11.4. The fourth-order valence-electron chi connectivity index (χ4n) is 2.03. The molecule has 2 aromatic carbocycles. The minimum atomic E-state index is -0.0297. The van der Waals surface area contributed by atoms with Crippen LogP contribution in [-0.2, 0) is 6.61 Å². The van der Waals surface area contributed by atoms with Gasteiger partial charge in [0.1, 0.15) is 5.75 Å². The van der Waals surface area contributed by atoms with E-state index in [1.165, 1.54) is 6.92 Å². The maximum atomic E-state index is 11.4. The first-order valence-electron chi connectivity index (χ1n) is 7.04. The predicted molar refractivity (Wildman–Crippen MR) is 90.5 cm³/mol. The molecule has 7 heteroatoms.